The highest BCUT2D eigenvalue weighted by atomic mass is 14.9. The second-order valence-electron chi connectivity index (χ2n) is 6.21. The van der Waals surface area contributed by atoms with Crippen LogP contribution in [-0.2, 0) is 0 Å². The third-order valence-corrected chi connectivity index (χ3v) is 6.35. The van der Waals surface area contributed by atoms with Crippen molar-refractivity contribution in [2.24, 2.45) is 34.5 Å². The fourth-order valence-electron chi connectivity index (χ4n) is 5.99. The van der Waals surface area contributed by atoms with Crippen LogP contribution in [-0.4, -0.2) is 0 Å². The number of hydrogen-bond donors (Lipinski definition) is 0. The molecule has 0 nitrogen and oxygen atoms in total. The van der Waals surface area contributed by atoms with Gasteiger partial charge in [0, 0.05) is 0 Å². The summed E-state index contributed by atoms with van der Waals surface area (Å²) < 4.78 is 0. The number of rotatable bonds is 1. The van der Waals surface area contributed by atoms with E-state index in [1.54, 1.807) is 25.7 Å². The van der Waals surface area contributed by atoms with Crippen molar-refractivity contribution in [3.63, 3.8) is 0 Å². The van der Waals surface area contributed by atoms with E-state index in [2.05, 4.69) is 13.8 Å². The molecule has 2 atom stereocenters. The van der Waals surface area contributed by atoms with Crippen molar-refractivity contribution in [3.05, 3.63) is 0 Å². The lowest BCUT2D eigenvalue weighted by molar-refractivity contribution is -0.444. The van der Waals surface area contributed by atoms with E-state index in [9.17, 15) is 0 Å². The maximum atomic E-state index is 2.47. The predicted molar refractivity (Wildman–Crippen MR) is 48.6 cm³/mol. The Hall–Kier alpha value is 0. The summed E-state index contributed by atoms with van der Waals surface area (Å²) >= 11 is 0. The molecule has 4 rings (SSSR count). The summed E-state index contributed by atoms with van der Waals surface area (Å²) in [5.74, 6) is 4.60. The van der Waals surface area contributed by atoms with Crippen LogP contribution in [0, 0.1) is 34.5 Å². The van der Waals surface area contributed by atoms with Gasteiger partial charge in [-0.25, -0.2) is 0 Å². The van der Waals surface area contributed by atoms with Crippen molar-refractivity contribution >= 4 is 0 Å². The molecule has 1 spiro atoms. The standard InChI is InChI=1S/C12H18/c1-7(2)11-5-9-3-8-4-10(6-11)12(8,9)11/h7-10H,3-6H2,1-2H3. The smallest absolute Gasteiger partial charge is 0.0153 e. The molecule has 0 radical (unpaired) electrons. The Balaban J connectivity index is 1.78. The molecule has 4 fully saturated rings. The van der Waals surface area contributed by atoms with Gasteiger partial charge in [0.05, 0.1) is 0 Å². The lowest BCUT2D eigenvalue weighted by Gasteiger charge is -2.92. The molecule has 0 aromatic heterocycles. The van der Waals surface area contributed by atoms with Crippen LogP contribution in [0.4, 0.5) is 0 Å². The highest BCUT2D eigenvalue weighted by Gasteiger charge is 2.87. The first-order valence-corrected chi connectivity index (χ1v) is 5.72. The van der Waals surface area contributed by atoms with Crippen LogP contribution in [0.5, 0.6) is 0 Å². The monoisotopic (exact) mass is 162 g/mol. The quantitative estimate of drug-likeness (QED) is 0.556. The zero-order valence-corrected chi connectivity index (χ0v) is 8.14. The average molecular weight is 162 g/mol. The lowest BCUT2D eigenvalue weighted by Crippen LogP contribution is -2.86. The molecule has 0 aliphatic heterocycles. The van der Waals surface area contributed by atoms with Gasteiger partial charge in [0.25, 0.3) is 0 Å². The van der Waals surface area contributed by atoms with E-state index < -0.39 is 0 Å². The van der Waals surface area contributed by atoms with Crippen LogP contribution >= 0.6 is 0 Å². The van der Waals surface area contributed by atoms with Crippen LogP contribution in [0.1, 0.15) is 39.5 Å². The van der Waals surface area contributed by atoms with Gasteiger partial charge in [-0.3, -0.25) is 0 Å². The highest BCUT2D eigenvalue weighted by molar-refractivity contribution is 5.35. The van der Waals surface area contributed by atoms with Crippen molar-refractivity contribution in [1.82, 2.24) is 0 Å². The molecule has 12 heavy (non-hydrogen) atoms. The van der Waals surface area contributed by atoms with Gasteiger partial charge in [0.15, 0.2) is 0 Å². The first kappa shape index (κ1) is 6.45. The van der Waals surface area contributed by atoms with Crippen LogP contribution in [0.2, 0.25) is 0 Å². The van der Waals surface area contributed by atoms with Crippen LogP contribution in [0.25, 0.3) is 0 Å². The minimum absolute atomic E-state index is 0.878. The van der Waals surface area contributed by atoms with Crippen LogP contribution in [0.3, 0.4) is 0 Å². The van der Waals surface area contributed by atoms with Gasteiger partial charge in [0.1, 0.15) is 0 Å². The van der Waals surface area contributed by atoms with Gasteiger partial charge in [-0.05, 0) is 60.2 Å². The molecule has 0 saturated heterocycles. The van der Waals surface area contributed by atoms with Crippen molar-refractivity contribution in [1.29, 1.82) is 0 Å². The van der Waals surface area contributed by atoms with Gasteiger partial charge in [-0.1, -0.05) is 13.8 Å². The largest absolute Gasteiger partial charge is 0.0622 e. The highest BCUT2D eigenvalue weighted by Crippen LogP contribution is 2.94. The van der Waals surface area contributed by atoms with E-state index in [-0.39, 0.29) is 0 Å². The van der Waals surface area contributed by atoms with E-state index in [1.165, 1.54) is 17.8 Å². The molecule has 0 aromatic rings. The van der Waals surface area contributed by atoms with Crippen molar-refractivity contribution in [2.45, 2.75) is 39.5 Å². The molecule has 4 aliphatic rings. The molecule has 0 amide bonds. The molecule has 2 unspecified atom stereocenters. The minimum Gasteiger partial charge on any atom is -0.0622 e. The fraction of sp³-hybridized carbons (Fsp3) is 1.00. The first-order valence-electron chi connectivity index (χ1n) is 5.72. The second kappa shape index (κ2) is 1.40. The minimum atomic E-state index is 0.878. The Morgan fingerprint density at radius 3 is 1.83 bits per heavy atom. The molecule has 0 aromatic carbocycles. The third-order valence-electron chi connectivity index (χ3n) is 6.35. The zero-order chi connectivity index (χ0) is 8.14. The van der Waals surface area contributed by atoms with Crippen LogP contribution < -0.4 is 0 Å². The molecular weight excluding hydrogens is 144 g/mol. The summed E-state index contributed by atoms with van der Waals surface area (Å²) in [4.78, 5) is 0. The summed E-state index contributed by atoms with van der Waals surface area (Å²) in [6, 6.07) is 0. The van der Waals surface area contributed by atoms with Crippen molar-refractivity contribution in [2.75, 3.05) is 0 Å². The summed E-state index contributed by atoms with van der Waals surface area (Å²) in [5.41, 5.74) is 1.85. The zero-order valence-electron chi connectivity index (χ0n) is 8.14. The summed E-state index contributed by atoms with van der Waals surface area (Å²) in [6.45, 7) is 4.93. The number of hydrogen-bond acceptors (Lipinski definition) is 0. The molecule has 66 valence electrons. The van der Waals surface area contributed by atoms with E-state index in [0.717, 1.165) is 16.7 Å². The maximum Gasteiger partial charge on any atom is -0.0153 e. The summed E-state index contributed by atoms with van der Waals surface area (Å²) in [6.07, 6.45) is 6.45. The normalized spacial score (nSPS) is 69.8. The van der Waals surface area contributed by atoms with E-state index in [1.807, 2.05) is 0 Å². The molecule has 0 heteroatoms. The lowest BCUT2D eigenvalue weighted by atomic mass is 9.12. The summed E-state index contributed by atoms with van der Waals surface area (Å²) in [5, 5.41) is 0. The first-order chi connectivity index (χ1) is 5.72. The van der Waals surface area contributed by atoms with Gasteiger partial charge < -0.3 is 0 Å². The van der Waals surface area contributed by atoms with Gasteiger partial charge in [-0.15, -0.1) is 0 Å². The van der Waals surface area contributed by atoms with Gasteiger partial charge in [-0.2, -0.15) is 0 Å². The van der Waals surface area contributed by atoms with E-state index >= 15 is 0 Å². The molecule has 0 heterocycles. The SMILES string of the molecule is CC(C)C12CC3CC4CC(C1)C432. The second-order valence-corrected chi connectivity index (χ2v) is 6.21. The Morgan fingerprint density at radius 1 is 1.00 bits per heavy atom. The molecule has 4 aliphatic carbocycles. The van der Waals surface area contributed by atoms with Gasteiger partial charge >= 0.3 is 0 Å². The molecule has 0 N–H and O–H groups in total. The Morgan fingerprint density at radius 2 is 1.58 bits per heavy atom. The van der Waals surface area contributed by atoms with Gasteiger partial charge in [0.2, 0.25) is 0 Å². The molecule has 4 saturated carbocycles. The Bertz CT molecular complexity index is 234. The predicted octanol–water partition coefficient (Wildman–Crippen LogP) is 3.08. The van der Waals surface area contributed by atoms with Crippen LogP contribution in [0.15, 0.2) is 0 Å². The molecular formula is C12H18. The maximum absolute atomic E-state index is 2.47. The molecule has 0 bridgehead atoms. The van der Waals surface area contributed by atoms with Crippen molar-refractivity contribution in [3.8, 4) is 0 Å². The van der Waals surface area contributed by atoms with Crippen molar-refractivity contribution < 1.29 is 0 Å². The third kappa shape index (κ3) is 0.311. The van der Waals surface area contributed by atoms with E-state index in [4.69, 9.17) is 0 Å². The Labute approximate surface area is 74.7 Å². The average Bonchev–Trinajstić information content (AvgIpc) is 1.78. The summed E-state index contributed by atoms with van der Waals surface area (Å²) in [7, 11) is 0. The Kier molecular flexibility index (Phi) is 0.755. The topological polar surface area (TPSA) is 0 Å². The van der Waals surface area contributed by atoms with E-state index in [0.29, 0.717) is 0 Å². The fourth-order valence-corrected chi connectivity index (χ4v) is 5.99.